The summed E-state index contributed by atoms with van der Waals surface area (Å²) in [5, 5.41) is 27.9. The second-order valence-corrected chi connectivity index (χ2v) is 8.20. The van der Waals surface area contributed by atoms with Crippen molar-refractivity contribution in [2.24, 2.45) is 10.2 Å². The molecular weight excluding hydrogens is 500 g/mol. The van der Waals surface area contributed by atoms with Crippen LogP contribution < -0.4 is 10.1 Å². The molecule has 0 aliphatic rings. The van der Waals surface area contributed by atoms with Crippen LogP contribution in [0.5, 0.6) is 11.5 Å². The van der Waals surface area contributed by atoms with Gasteiger partial charge in [-0.1, -0.05) is 30.3 Å². The van der Waals surface area contributed by atoms with Gasteiger partial charge >= 0.3 is 5.97 Å². The first kappa shape index (κ1) is 25.1. The SMILES string of the molecule is COC(=O)c1cnn(-c2ccccn2)c1/N=N/c1c(O)c(C(=O)Nc2ccc(OC)cc2)cc2ccccc12. The molecule has 0 unspecified atom stereocenters. The van der Waals surface area contributed by atoms with E-state index in [9.17, 15) is 14.7 Å². The zero-order valence-corrected chi connectivity index (χ0v) is 20.9. The van der Waals surface area contributed by atoms with Crippen LogP contribution in [0, 0.1) is 0 Å². The average Bonchev–Trinajstić information content (AvgIpc) is 3.40. The van der Waals surface area contributed by atoms with E-state index < -0.39 is 11.9 Å². The number of carbonyl (C=O) groups is 2. The van der Waals surface area contributed by atoms with Gasteiger partial charge in [-0.2, -0.15) is 9.78 Å². The molecule has 0 atom stereocenters. The molecule has 0 bridgehead atoms. The van der Waals surface area contributed by atoms with Crippen LogP contribution in [-0.4, -0.2) is 46.0 Å². The highest BCUT2D eigenvalue weighted by molar-refractivity contribution is 6.11. The number of ether oxygens (including phenoxy) is 2. The summed E-state index contributed by atoms with van der Waals surface area (Å²) in [4.78, 5) is 29.9. The number of pyridine rings is 1. The Balaban J connectivity index is 1.59. The fraction of sp³-hybridized carbons (Fsp3) is 0.0714. The lowest BCUT2D eigenvalue weighted by molar-refractivity contribution is 0.0601. The number of rotatable bonds is 7. The van der Waals surface area contributed by atoms with Crippen molar-refractivity contribution in [1.29, 1.82) is 0 Å². The Kier molecular flexibility index (Phi) is 6.95. The molecule has 0 radical (unpaired) electrons. The van der Waals surface area contributed by atoms with Gasteiger partial charge in [-0.25, -0.2) is 9.78 Å². The molecule has 0 aliphatic heterocycles. The van der Waals surface area contributed by atoms with Crippen molar-refractivity contribution in [3.05, 3.63) is 96.3 Å². The molecule has 2 heterocycles. The van der Waals surface area contributed by atoms with Crippen molar-refractivity contribution in [2.75, 3.05) is 19.5 Å². The topological polar surface area (TPSA) is 140 Å². The van der Waals surface area contributed by atoms with Gasteiger partial charge in [0.1, 0.15) is 17.0 Å². The number of nitrogens with zero attached hydrogens (tertiary/aromatic N) is 5. The number of hydrogen-bond acceptors (Lipinski definition) is 9. The minimum atomic E-state index is -0.673. The molecule has 2 aromatic heterocycles. The Bertz CT molecular complexity index is 1700. The summed E-state index contributed by atoms with van der Waals surface area (Å²) in [6.45, 7) is 0. The van der Waals surface area contributed by atoms with Crippen LogP contribution in [-0.2, 0) is 4.74 Å². The van der Waals surface area contributed by atoms with E-state index in [-0.39, 0.29) is 28.4 Å². The summed E-state index contributed by atoms with van der Waals surface area (Å²) < 4.78 is 11.3. The smallest absolute Gasteiger partial charge is 0.343 e. The van der Waals surface area contributed by atoms with E-state index in [1.807, 2.05) is 0 Å². The Morgan fingerprint density at radius 1 is 0.949 bits per heavy atom. The highest BCUT2D eigenvalue weighted by Crippen LogP contribution is 2.40. The monoisotopic (exact) mass is 522 g/mol. The molecule has 3 aromatic carbocycles. The molecule has 2 N–H and O–H groups in total. The van der Waals surface area contributed by atoms with Gasteiger partial charge in [-0.05, 0) is 47.9 Å². The van der Waals surface area contributed by atoms with Gasteiger partial charge in [0.25, 0.3) is 5.91 Å². The summed E-state index contributed by atoms with van der Waals surface area (Å²) >= 11 is 0. The number of benzene rings is 3. The first-order chi connectivity index (χ1) is 19.0. The van der Waals surface area contributed by atoms with E-state index in [2.05, 4.69) is 25.6 Å². The summed E-state index contributed by atoms with van der Waals surface area (Å²) in [7, 11) is 2.79. The number of amides is 1. The van der Waals surface area contributed by atoms with E-state index in [0.717, 1.165) is 0 Å². The zero-order chi connectivity index (χ0) is 27.4. The average molecular weight is 523 g/mol. The molecular formula is C28H22N6O5. The molecule has 0 aliphatic carbocycles. The fourth-order valence-electron chi connectivity index (χ4n) is 3.90. The molecule has 11 heteroatoms. The molecule has 194 valence electrons. The van der Waals surface area contributed by atoms with Gasteiger partial charge in [0.15, 0.2) is 17.4 Å². The van der Waals surface area contributed by atoms with Crippen LogP contribution >= 0.6 is 0 Å². The summed E-state index contributed by atoms with van der Waals surface area (Å²) in [6.07, 6.45) is 2.87. The Morgan fingerprint density at radius 3 is 2.44 bits per heavy atom. The van der Waals surface area contributed by atoms with Crippen LogP contribution in [0.3, 0.4) is 0 Å². The maximum Gasteiger partial charge on any atom is 0.343 e. The lowest BCUT2D eigenvalue weighted by Crippen LogP contribution is -2.12. The van der Waals surface area contributed by atoms with Crippen LogP contribution in [0.4, 0.5) is 17.2 Å². The number of phenols is 1. The van der Waals surface area contributed by atoms with E-state index in [1.54, 1.807) is 86.1 Å². The highest BCUT2D eigenvalue weighted by Gasteiger charge is 2.22. The van der Waals surface area contributed by atoms with Gasteiger partial charge < -0.3 is 19.9 Å². The van der Waals surface area contributed by atoms with Crippen LogP contribution in [0.1, 0.15) is 20.7 Å². The minimum Gasteiger partial charge on any atom is -0.505 e. The summed E-state index contributed by atoms with van der Waals surface area (Å²) in [6, 6.07) is 20.6. The van der Waals surface area contributed by atoms with Gasteiger partial charge in [-0.3, -0.25) is 4.79 Å². The third-order valence-corrected chi connectivity index (χ3v) is 5.85. The first-order valence-electron chi connectivity index (χ1n) is 11.7. The molecule has 0 saturated heterocycles. The summed E-state index contributed by atoms with van der Waals surface area (Å²) in [5.74, 6) is -0.533. The molecule has 5 aromatic rings. The Hall–Kier alpha value is -5.58. The molecule has 5 rings (SSSR count). The maximum atomic E-state index is 13.2. The molecule has 0 fully saturated rings. The molecule has 0 spiro atoms. The summed E-state index contributed by atoms with van der Waals surface area (Å²) in [5.41, 5.74) is 0.588. The van der Waals surface area contributed by atoms with Crippen LogP contribution in [0.15, 0.2) is 95.4 Å². The third kappa shape index (κ3) is 5.01. The van der Waals surface area contributed by atoms with Gasteiger partial charge in [0, 0.05) is 17.3 Å². The maximum absolute atomic E-state index is 13.2. The Morgan fingerprint density at radius 2 is 1.72 bits per heavy atom. The first-order valence-corrected chi connectivity index (χ1v) is 11.7. The lowest BCUT2D eigenvalue weighted by atomic mass is 10.0. The highest BCUT2D eigenvalue weighted by atomic mass is 16.5. The predicted molar refractivity (Wildman–Crippen MR) is 143 cm³/mol. The predicted octanol–water partition coefficient (Wildman–Crippen LogP) is 5.59. The van der Waals surface area contributed by atoms with Gasteiger partial charge in [-0.15, -0.1) is 10.2 Å². The number of esters is 1. The van der Waals surface area contributed by atoms with E-state index >= 15 is 0 Å². The number of fused-ring (bicyclic) bond motifs is 1. The second-order valence-electron chi connectivity index (χ2n) is 8.20. The van der Waals surface area contributed by atoms with Gasteiger partial charge in [0.2, 0.25) is 0 Å². The number of anilines is 1. The normalized spacial score (nSPS) is 11.0. The van der Waals surface area contributed by atoms with Gasteiger partial charge in [0.05, 0.1) is 26.0 Å². The van der Waals surface area contributed by atoms with Crippen molar-refractivity contribution >= 4 is 39.8 Å². The number of azo groups is 1. The minimum absolute atomic E-state index is 0.00936. The number of phenolic OH excluding ortho intramolecular Hbond substituents is 1. The van der Waals surface area contributed by atoms with E-state index in [0.29, 0.717) is 28.0 Å². The zero-order valence-electron chi connectivity index (χ0n) is 20.9. The number of hydrogen-bond donors (Lipinski definition) is 2. The van der Waals surface area contributed by atoms with Crippen molar-refractivity contribution in [2.45, 2.75) is 0 Å². The molecule has 39 heavy (non-hydrogen) atoms. The Labute approximate surface area is 222 Å². The van der Waals surface area contributed by atoms with E-state index in [4.69, 9.17) is 9.47 Å². The quantitative estimate of drug-likeness (QED) is 0.210. The molecule has 11 nitrogen and oxygen atoms in total. The van der Waals surface area contributed by atoms with Crippen LogP contribution in [0.25, 0.3) is 16.6 Å². The number of nitrogens with one attached hydrogen (secondary N) is 1. The second kappa shape index (κ2) is 10.8. The van der Waals surface area contributed by atoms with Crippen LogP contribution in [0.2, 0.25) is 0 Å². The van der Waals surface area contributed by atoms with Crippen molar-refractivity contribution < 1.29 is 24.2 Å². The molecule has 0 saturated carbocycles. The van der Waals surface area contributed by atoms with Crippen molar-refractivity contribution in [3.63, 3.8) is 0 Å². The lowest BCUT2D eigenvalue weighted by Gasteiger charge is -2.11. The largest absolute Gasteiger partial charge is 0.505 e. The number of aromatic hydroxyl groups is 1. The number of aromatic nitrogens is 3. The standard InChI is InChI=1S/C28H22N6O5/c1-38-19-12-10-18(11-13-19)31-27(36)21-15-17-7-3-4-8-20(17)24(25(21)35)32-33-26-22(28(37)39-2)16-30-34(26)23-9-5-6-14-29-23/h3-16,35H,1-2H3,(H,31,36)/b33-32+. The molecule has 1 amide bonds. The fourth-order valence-corrected chi connectivity index (χ4v) is 3.90. The van der Waals surface area contributed by atoms with E-state index in [1.165, 1.54) is 18.0 Å². The number of carbonyl (C=O) groups excluding carboxylic acids is 2. The van der Waals surface area contributed by atoms with Crippen molar-refractivity contribution in [1.82, 2.24) is 14.8 Å². The number of methoxy groups -OCH3 is 2. The van der Waals surface area contributed by atoms with Crippen molar-refractivity contribution in [3.8, 4) is 17.3 Å². The third-order valence-electron chi connectivity index (χ3n) is 5.85.